The number of aryl methyl sites for hydroxylation is 1. The van der Waals surface area contributed by atoms with Gasteiger partial charge in [0.25, 0.3) is 11.6 Å². The number of hydrogen-bond acceptors (Lipinski definition) is 6. The summed E-state index contributed by atoms with van der Waals surface area (Å²) in [5, 5.41) is 24.1. The van der Waals surface area contributed by atoms with Crippen LogP contribution in [0.4, 0.5) is 5.69 Å². The first-order chi connectivity index (χ1) is 13.5. The van der Waals surface area contributed by atoms with Gasteiger partial charge in [0.1, 0.15) is 11.5 Å². The standard InChI is InChI=1S/C20H23N3O5/c1-2-3-4-5-15-6-9-18(10-7-15)28-14-20(25)22-21-13-16-12-17(23(26)27)8-11-19(16)24/h6-13,24H,2-5,14H2,1H3,(H,22,25). The normalized spacial score (nSPS) is 10.8. The van der Waals surface area contributed by atoms with E-state index in [0.29, 0.717) is 5.75 Å². The van der Waals surface area contributed by atoms with E-state index in [4.69, 9.17) is 4.74 Å². The van der Waals surface area contributed by atoms with Crippen molar-refractivity contribution in [3.8, 4) is 11.5 Å². The molecule has 1 amide bonds. The van der Waals surface area contributed by atoms with Gasteiger partial charge in [-0.2, -0.15) is 5.10 Å². The van der Waals surface area contributed by atoms with E-state index in [9.17, 15) is 20.0 Å². The van der Waals surface area contributed by atoms with E-state index < -0.39 is 10.8 Å². The van der Waals surface area contributed by atoms with Crippen molar-refractivity contribution in [3.63, 3.8) is 0 Å². The van der Waals surface area contributed by atoms with Crippen molar-refractivity contribution in [1.29, 1.82) is 0 Å². The summed E-state index contributed by atoms with van der Waals surface area (Å²) < 4.78 is 5.40. The van der Waals surface area contributed by atoms with E-state index in [1.807, 2.05) is 24.3 Å². The van der Waals surface area contributed by atoms with E-state index >= 15 is 0 Å². The summed E-state index contributed by atoms with van der Waals surface area (Å²) in [6, 6.07) is 11.1. The van der Waals surface area contributed by atoms with Crippen LogP contribution >= 0.6 is 0 Å². The number of ether oxygens (including phenoxy) is 1. The Bertz CT molecular complexity index is 834. The molecule has 0 radical (unpaired) electrons. The van der Waals surface area contributed by atoms with E-state index in [-0.39, 0.29) is 23.6 Å². The number of unbranched alkanes of at least 4 members (excludes halogenated alkanes) is 2. The van der Waals surface area contributed by atoms with Crippen molar-refractivity contribution < 1.29 is 19.6 Å². The smallest absolute Gasteiger partial charge is 0.277 e. The predicted octanol–water partition coefficient (Wildman–Crippen LogP) is 3.56. The summed E-state index contributed by atoms with van der Waals surface area (Å²) in [6.07, 6.45) is 5.68. The summed E-state index contributed by atoms with van der Waals surface area (Å²) >= 11 is 0. The average molecular weight is 385 g/mol. The molecule has 0 spiro atoms. The molecule has 0 aromatic heterocycles. The molecule has 148 valence electrons. The van der Waals surface area contributed by atoms with E-state index in [1.54, 1.807) is 0 Å². The number of hydrazone groups is 1. The lowest BCUT2D eigenvalue weighted by Gasteiger charge is -2.06. The quantitative estimate of drug-likeness (QED) is 0.281. The first kappa shape index (κ1) is 20.9. The molecule has 8 nitrogen and oxygen atoms in total. The lowest BCUT2D eigenvalue weighted by atomic mass is 10.1. The fourth-order valence-electron chi connectivity index (χ4n) is 2.45. The molecule has 0 aliphatic heterocycles. The molecule has 8 heteroatoms. The van der Waals surface area contributed by atoms with E-state index in [1.165, 1.54) is 30.5 Å². The number of nitrogens with zero attached hydrogens (tertiary/aromatic N) is 2. The van der Waals surface area contributed by atoms with Gasteiger partial charge in [-0.15, -0.1) is 0 Å². The molecule has 0 atom stereocenters. The van der Waals surface area contributed by atoms with Crippen molar-refractivity contribution in [1.82, 2.24) is 5.43 Å². The molecule has 0 aliphatic rings. The van der Waals surface area contributed by atoms with Gasteiger partial charge in [-0.3, -0.25) is 14.9 Å². The van der Waals surface area contributed by atoms with Crippen LogP contribution in [0.3, 0.4) is 0 Å². The van der Waals surface area contributed by atoms with Gasteiger partial charge < -0.3 is 9.84 Å². The number of carbonyl (C=O) groups excluding carboxylic acids is 1. The molecule has 0 bridgehead atoms. The highest BCUT2D eigenvalue weighted by Crippen LogP contribution is 2.21. The molecule has 0 fully saturated rings. The Kier molecular flexibility index (Phi) is 7.95. The number of non-ortho nitro benzene ring substituents is 1. The Morgan fingerprint density at radius 1 is 1.25 bits per heavy atom. The third-order valence-corrected chi connectivity index (χ3v) is 3.98. The van der Waals surface area contributed by atoms with Gasteiger partial charge in [0, 0.05) is 17.7 Å². The Morgan fingerprint density at radius 3 is 2.68 bits per heavy atom. The van der Waals surface area contributed by atoms with Gasteiger partial charge in [-0.05, 0) is 36.6 Å². The molecular weight excluding hydrogens is 362 g/mol. The zero-order chi connectivity index (χ0) is 20.4. The lowest BCUT2D eigenvalue weighted by Crippen LogP contribution is -2.24. The van der Waals surface area contributed by atoms with E-state index in [2.05, 4.69) is 17.5 Å². The third kappa shape index (κ3) is 6.71. The minimum Gasteiger partial charge on any atom is -0.507 e. The highest BCUT2D eigenvalue weighted by atomic mass is 16.6. The first-order valence-electron chi connectivity index (χ1n) is 9.00. The fraction of sp³-hybridized carbons (Fsp3) is 0.300. The first-order valence-corrected chi connectivity index (χ1v) is 9.00. The summed E-state index contributed by atoms with van der Waals surface area (Å²) in [4.78, 5) is 21.9. The number of benzene rings is 2. The van der Waals surface area contributed by atoms with Crippen LogP contribution in [0.1, 0.15) is 37.3 Å². The zero-order valence-electron chi connectivity index (χ0n) is 15.6. The Morgan fingerprint density at radius 2 is 2.00 bits per heavy atom. The van der Waals surface area contributed by atoms with Gasteiger partial charge in [0.15, 0.2) is 6.61 Å². The third-order valence-electron chi connectivity index (χ3n) is 3.98. The molecule has 2 rings (SSSR count). The molecule has 0 unspecified atom stereocenters. The summed E-state index contributed by atoms with van der Waals surface area (Å²) in [5.74, 6) is -0.0956. The Balaban J connectivity index is 1.80. The van der Waals surface area contributed by atoms with Crippen molar-refractivity contribution in [3.05, 3.63) is 63.7 Å². The van der Waals surface area contributed by atoms with Gasteiger partial charge >= 0.3 is 0 Å². The van der Waals surface area contributed by atoms with E-state index in [0.717, 1.165) is 25.1 Å². The second kappa shape index (κ2) is 10.7. The maximum atomic E-state index is 11.8. The lowest BCUT2D eigenvalue weighted by molar-refractivity contribution is -0.384. The molecule has 28 heavy (non-hydrogen) atoms. The van der Waals surface area contributed by atoms with Crippen LogP contribution < -0.4 is 10.2 Å². The molecule has 0 aliphatic carbocycles. The van der Waals surface area contributed by atoms with Gasteiger partial charge in [0.05, 0.1) is 11.1 Å². The molecule has 2 N–H and O–H groups in total. The van der Waals surface area contributed by atoms with Crippen LogP contribution in [0.2, 0.25) is 0 Å². The van der Waals surface area contributed by atoms with Crippen molar-refractivity contribution in [2.24, 2.45) is 5.10 Å². The number of carbonyl (C=O) groups is 1. The second-order valence-corrected chi connectivity index (χ2v) is 6.18. The maximum Gasteiger partial charge on any atom is 0.277 e. The molecule has 0 saturated heterocycles. The monoisotopic (exact) mass is 385 g/mol. The van der Waals surface area contributed by atoms with Crippen LogP contribution in [0.5, 0.6) is 11.5 Å². The molecular formula is C20H23N3O5. The number of phenols is 1. The zero-order valence-corrected chi connectivity index (χ0v) is 15.6. The SMILES string of the molecule is CCCCCc1ccc(OCC(=O)NN=Cc2cc([N+](=O)[O-])ccc2O)cc1. The van der Waals surface area contributed by atoms with Gasteiger partial charge in [0.2, 0.25) is 0 Å². The summed E-state index contributed by atoms with van der Waals surface area (Å²) in [6.45, 7) is 1.94. The molecule has 0 saturated carbocycles. The van der Waals surface area contributed by atoms with Crippen LogP contribution in [-0.2, 0) is 11.2 Å². The highest BCUT2D eigenvalue weighted by molar-refractivity contribution is 5.86. The van der Waals surface area contributed by atoms with Crippen LogP contribution in [0.15, 0.2) is 47.6 Å². The van der Waals surface area contributed by atoms with Crippen molar-refractivity contribution in [2.75, 3.05) is 6.61 Å². The number of rotatable bonds is 10. The summed E-state index contributed by atoms with van der Waals surface area (Å²) in [5.41, 5.74) is 3.41. The molecule has 2 aromatic rings. The minimum absolute atomic E-state index is 0.120. The van der Waals surface area contributed by atoms with Crippen LogP contribution in [0.25, 0.3) is 0 Å². The summed E-state index contributed by atoms with van der Waals surface area (Å²) in [7, 11) is 0. The van der Waals surface area contributed by atoms with Gasteiger partial charge in [-0.25, -0.2) is 5.43 Å². The number of phenolic OH excluding ortho intramolecular Hbond substituents is 1. The predicted molar refractivity (Wildman–Crippen MR) is 106 cm³/mol. The van der Waals surface area contributed by atoms with Crippen molar-refractivity contribution >= 4 is 17.8 Å². The topological polar surface area (TPSA) is 114 Å². The molecule has 2 aromatic carbocycles. The van der Waals surface area contributed by atoms with Gasteiger partial charge in [-0.1, -0.05) is 31.9 Å². The van der Waals surface area contributed by atoms with Crippen LogP contribution in [-0.4, -0.2) is 28.8 Å². The number of amides is 1. The molecule has 0 heterocycles. The Hall–Kier alpha value is -3.42. The second-order valence-electron chi connectivity index (χ2n) is 6.18. The minimum atomic E-state index is -0.585. The van der Waals surface area contributed by atoms with Crippen LogP contribution in [0, 0.1) is 10.1 Å². The number of nitro groups is 1. The highest BCUT2D eigenvalue weighted by Gasteiger charge is 2.09. The fourth-order valence-corrected chi connectivity index (χ4v) is 2.45. The Labute approximate surface area is 163 Å². The average Bonchev–Trinajstić information content (AvgIpc) is 2.69. The largest absolute Gasteiger partial charge is 0.507 e. The number of nitro benzene ring substituents is 1. The number of hydrogen-bond donors (Lipinski definition) is 2. The van der Waals surface area contributed by atoms with Crippen molar-refractivity contribution in [2.45, 2.75) is 32.6 Å². The number of aromatic hydroxyl groups is 1. The number of nitrogens with one attached hydrogen (secondary N) is 1. The maximum absolute atomic E-state index is 11.8.